The number of hydrogen-bond donors (Lipinski definition) is 0. The Morgan fingerprint density at radius 2 is 2.22 bits per heavy atom. The van der Waals surface area contributed by atoms with Crippen LogP contribution in [0.1, 0.15) is 17.9 Å². The van der Waals surface area contributed by atoms with Crippen molar-refractivity contribution in [1.82, 2.24) is 10.1 Å². The summed E-state index contributed by atoms with van der Waals surface area (Å²) in [5.74, 6) is 1.32. The number of halogens is 1. The molecule has 2 heterocycles. The molecule has 2 aromatic heterocycles. The molecule has 0 aliphatic heterocycles. The SMILES string of the molecule is Cc1cc(Cl)ccc1OC(=O)CCc1nc(-c2ccco2)no1. The quantitative estimate of drug-likeness (QED) is 0.522. The van der Waals surface area contributed by atoms with Gasteiger partial charge in [0.25, 0.3) is 0 Å². The highest BCUT2D eigenvalue weighted by molar-refractivity contribution is 6.30. The lowest BCUT2D eigenvalue weighted by molar-refractivity contribution is -0.134. The lowest BCUT2D eigenvalue weighted by Crippen LogP contribution is -2.10. The van der Waals surface area contributed by atoms with Gasteiger partial charge >= 0.3 is 5.97 Å². The van der Waals surface area contributed by atoms with E-state index >= 15 is 0 Å². The fourth-order valence-electron chi connectivity index (χ4n) is 1.97. The van der Waals surface area contributed by atoms with Gasteiger partial charge in [0, 0.05) is 11.4 Å². The number of carbonyl (C=O) groups excluding carboxylic acids is 1. The maximum absolute atomic E-state index is 11.9. The van der Waals surface area contributed by atoms with Crippen molar-refractivity contribution in [2.75, 3.05) is 0 Å². The standard InChI is InChI=1S/C16H13ClN2O4/c1-10-9-11(17)4-5-12(10)22-15(20)7-6-14-18-16(19-23-14)13-3-2-8-21-13/h2-5,8-9H,6-7H2,1H3. The van der Waals surface area contributed by atoms with Gasteiger partial charge in [-0.05, 0) is 42.8 Å². The first-order valence-corrected chi connectivity index (χ1v) is 7.33. The Kier molecular flexibility index (Phi) is 4.43. The molecule has 0 saturated heterocycles. The van der Waals surface area contributed by atoms with Gasteiger partial charge in [0.1, 0.15) is 5.75 Å². The predicted octanol–water partition coefficient (Wildman–Crippen LogP) is 3.83. The van der Waals surface area contributed by atoms with E-state index in [2.05, 4.69) is 10.1 Å². The van der Waals surface area contributed by atoms with Gasteiger partial charge in [-0.25, -0.2) is 0 Å². The van der Waals surface area contributed by atoms with Crippen LogP contribution in [0.4, 0.5) is 0 Å². The zero-order valence-electron chi connectivity index (χ0n) is 12.3. The lowest BCUT2D eigenvalue weighted by Gasteiger charge is -2.06. The number of rotatable bonds is 5. The van der Waals surface area contributed by atoms with Crippen LogP contribution >= 0.6 is 11.6 Å². The van der Waals surface area contributed by atoms with Gasteiger partial charge in [-0.15, -0.1) is 0 Å². The smallest absolute Gasteiger partial charge is 0.311 e. The monoisotopic (exact) mass is 332 g/mol. The number of nitrogens with zero attached hydrogens (tertiary/aromatic N) is 2. The maximum atomic E-state index is 11.9. The minimum atomic E-state index is -0.381. The van der Waals surface area contributed by atoms with E-state index in [0.29, 0.717) is 34.7 Å². The van der Waals surface area contributed by atoms with Gasteiger partial charge in [-0.3, -0.25) is 4.79 Å². The van der Waals surface area contributed by atoms with Crippen molar-refractivity contribution in [2.24, 2.45) is 0 Å². The molecule has 0 radical (unpaired) electrons. The van der Waals surface area contributed by atoms with E-state index in [-0.39, 0.29) is 12.4 Å². The van der Waals surface area contributed by atoms with E-state index in [1.807, 2.05) is 6.92 Å². The molecule has 0 fully saturated rings. The third-order valence-electron chi connectivity index (χ3n) is 3.11. The summed E-state index contributed by atoms with van der Waals surface area (Å²) < 4.78 is 15.6. The Morgan fingerprint density at radius 3 is 2.96 bits per heavy atom. The summed E-state index contributed by atoms with van der Waals surface area (Å²) in [7, 11) is 0. The molecule has 0 aliphatic rings. The molecule has 0 aliphatic carbocycles. The zero-order valence-corrected chi connectivity index (χ0v) is 13.0. The maximum Gasteiger partial charge on any atom is 0.311 e. The van der Waals surface area contributed by atoms with E-state index in [4.69, 9.17) is 25.3 Å². The lowest BCUT2D eigenvalue weighted by atomic mass is 10.2. The first kappa shape index (κ1) is 15.3. The summed E-state index contributed by atoms with van der Waals surface area (Å²) in [5.41, 5.74) is 0.795. The molecule has 3 rings (SSSR count). The van der Waals surface area contributed by atoms with Crippen LogP contribution in [0.25, 0.3) is 11.6 Å². The molecule has 0 unspecified atom stereocenters. The van der Waals surface area contributed by atoms with Crippen LogP contribution in [0.3, 0.4) is 0 Å². The van der Waals surface area contributed by atoms with Gasteiger partial charge < -0.3 is 13.7 Å². The third-order valence-corrected chi connectivity index (χ3v) is 3.35. The first-order chi connectivity index (χ1) is 11.1. The number of carbonyl (C=O) groups is 1. The van der Waals surface area contributed by atoms with E-state index < -0.39 is 0 Å². The number of hydrogen-bond acceptors (Lipinski definition) is 6. The fraction of sp³-hybridized carbons (Fsp3) is 0.188. The molecule has 0 saturated carbocycles. The second-order valence-corrected chi connectivity index (χ2v) is 5.31. The molecule has 3 aromatic rings. The normalized spacial score (nSPS) is 10.7. The molecule has 6 nitrogen and oxygen atoms in total. The molecule has 1 aromatic carbocycles. The summed E-state index contributed by atoms with van der Waals surface area (Å²) in [6.07, 6.45) is 1.94. The molecule has 0 amide bonds. The number of aromatic nitrogens is 2. The van der Waals surface area contributed by atoms with Crippen LogP contribution in [-0.2, 0) is 11.2 Å². The third kappa shape index (κ3) is 3.78. The van der Waals surface area contributed by atoms with Crippen molar-refractivity contribution in [1.29, 1.82) is 0 Å². The highest BCUT2D eigenvalue weighted by atomic mass is 35.5. The highest BCUT2D eigenvalue weighted by Gasteiger charge is 2.14. The molecule has 0 N–H and O–H groups in total. The average Bonchev–Trinajstić information content (AvgIpc) is 3.18. The molecule has 0 spiro atoms. The second kappa shape index (κ2) is 6.66. The van der Waals surface area contributed by atoms with Crippen molar-refractivity contribution in [3.63, 3.8) is 0 Å². The van der Waals surface area contributed by atoms with Gasteiger partial charge in [0.2, 0.25) is 11.7 Å². The van der Waals surface area contributed by atoms with Crippen LogP contribution in [0.5, 0.6) is 5.75 Å². The Bertz CT molecular complexity index is 811. The largest absolute Gasteiger partial charge is 0.461 e. The average molecular weight is 333 g/mol. The summed E-state index contributed by atoms with van der Waals surface area (Å²) in [6.45, 7) is 1.82. The first-order valence-electron chi connectivity index (χ1n) is 6.95. The fourth-order valence-corrected chi connectivity index (χ4v) is 2.20. The second-order valence-electron chi connectivity index (χ2n) is 4.87. The molecule has 23 heavy (non-hydrogen) atoms. The van der Waals surface area contributed by atoms with Crippen molar-refractivity contribution in [2.45, 2.75) is 19.8 Å². The Hall–Kier alpha value is -2.60. The molecular formula is C16H13ClN2O4. The van der Waals surface area contributed by atoms with Crippen LogP contribution in [0.2, 0.25) is 5.02 Å². The van der Waals surface area contributed by atoms with E-state index in [0.717, 1.165) is 5.56 Å². The van der Waals surface area contributed by atoms with Crippen LogP contribution in [-0.4, -0.2) is 16.1 Å². The van der Waals surface area contributed by atoms with Gasteiger partial charge in [0.15, 0.2) is 5.76 Å². The molecule has 118 valence electrons. The molecule has 7 heteroatoms. The summed E-state index contributed by atoms with van der Waals surface area (Å²) in [5, 5.41) is 4.39. The Morgan fingerprint density at radius 1 is 1.35 bits per heavy atom. The number of esters is 1. The van der Waals surface area contributed by atoms with Gasteiger partial charge in [-0.1, -0.05) is 16.8 Å². The van der Waals surface area contributed by atoms with Crippen LogP contribution < -0.4 is 4.74 Å². The number of ether oxygens (including phenoxy) is 1. The topological polar surface area (TPSA) is 78.4 Å². The highest BCUT2D eigenvalue weighted by Crippen LogP contribution is 2.22. The van der Waals surface area contributed by atoms with Crippen LogP contribution in [0.15, 0.2) is 45.5 Å². The number of furan rings is 1. The van der Waals surface area contributed by atoms with Crippen molar-refractivity contribution < 1.29 is 18.5 Å². The van der Waals surface area contributed by atoms with Crippen molar-refractivity contribution in [3.05, 3.63) is 53.1 Å². The molecule has 0 atom stereocenters. The number of aryl methyl sites for hydroxylation is 2. The van der Waals surface area contributed by atoms with Gasteiger partial charge in [-0.2, -0.15) is 4.98 Å². The summed E-state index contributed by atoms with van der Waals surface area (Å²) in [6, 6.07) is 8.53. The van der Waals surface area contributed by atoms with Crippen molar-refractivity contribution in [3.8, 4) is 17.3 Å². The Balaban J connectivity index is 1.57. The minimum Gasteiger partial charge on any atom is -0.461 e. The zero-order chi connectivity index (χ0) is 16.2. The van der Waals surface area contributed by atoms with E-state index in [9.17, 15) is 4.79 Å². The Labute approximate surface area is 137 Å². The number of benzene rings is 1. The van der Waals surface area contributed by atoms with E-state index in [1.54, 1.807) is 30.3 Å². The molecular weight excluding hydrogens is 320 g/mol. The summed E-state index contributed by atoms with van der Waals surface area (Å²) >= 11 is 5.86. The minimum absolute atomic E-state index is 0.127. The van der Waals surface area contributed by atoms with Crippen molar-refractivity contribution >= 4 is 17.6 Å². The van der Waals surface area contributed by atoms with Gasteiger partial charge in [0.05, 0.1) is 12.7 Å². The summed E-state index contributed by atoms with van der Waals surface area (Å²) in [4.78, 5) is 16.1. The molecule has 0 bridgehead atoms. The van der Waals surface area contributed by atoms with E-state index in [1.165, 1.54) is 6.26 Å². The predicted molar refractivity (Wildman–Crippen MR) is 82.1 cm³/mol. The van der Waals surface area contributed by atoms with Crippen LogP contribution in [0, 0.1) is 6.92 Å².